The largest absolute Gasteiger partial charge is 0.469 e. The molecule has 0 aliphatic carbocycles. The van der Waals surface area contributed by atoms with Crippen LogP contribution in [0.3, 0.4) is 0 Å². The molecule has 13 heteroatoms. The Labute approximate surface area is 174 Å². The van der Waals surface area contributed by atoms with E-state index in [0.717, 1.165) is 19.2 Å². The van der Waals surface area contributed by atoms with Gasteiger partial charge in [-0.25, -0.2) is 0 Å². The van der Waals surface area contributed by atoms with Crippen molar-refractivity contribution in [3.05, 3.63) is 63.3 Å². The van der Waals surface area contributed by atoms with E-state index in [1.807, 2.05) is 0 Å². The number of hydrogen-bond donors (Lipinski definition) is 1. The maximum absolute atomic E-state index is 13.5. The third kappa shape index (κ3) is 4.60. The van der Waals surface area contributed by atoms with E-state index in [4.69, 9.17) is 4.74 Å². The van der Waals surface area contributed by atoms with Gasteiger partial charge in [-0.1, -0.05) is 0 Å². The van der Waals surface area contributed by atoms with Crippen LogP contribution in [0, 0.1) is 10.1 Å². The molecule has 170 valence electrons. The first-order valence-corrected chi connectivity index (χ1v) is 8.62. The number of alkyl halides is 6. The highest BCUT2D eigenvalue weighted by Gasteiger charge is 2.44. The van der Waals surface area contributed by atoms with E-state index >= 15 is 0 Å². The van der Waals surface area contributed by atoms with Crippen LogP contribution in [-0.2, 0) is 28.3 Å². The number of non-ortho nitro benzene ring substituents is 1. The molecular formula is C19H12F6N2O5. The van der Waals surface area contributed by atoms with Crippen LogP contribution < -0.4 is 4.74 Å². The molecule has 0 aliphatic rings. The Hall–Kier alpha value is -3.77. The Morgan fingerprint density at radius 1 is 1.06 bits per heavy atom. The summed E-state index contributed by atoms with van der Waals surface area (Å²) in [6, 6.07) is 3.54. The molecule has 0 saturated heterocycles. The molecule has 3 aromatic rings. The van der Waals surface area contributed by atoms with Gasteiger partial charge < -0.3 is 14.5 Å². The van der Waals surface area contributed by atoms with Gasteiger partial charge in [0.25, 0.3) is 5.69 Å². The number of nitrogens with one attached hydrogen (secondary N) is 1. The van der Waals surface area contributed by atoms with Gasteiger partial charge in [0.05, 0.1) is 18.5 Å². The zero-order valence-corrected chi connectivity index (χ0v) is 15.9. The molecule has 3 rings (SSSR count). The molecule has 0 saturated carbocycles. The molecule has 0 fully saturated rings. The molecule has 1 heterocycles. The molecule has 0 unspecified atom stereocenters. The number of aromatic amines is 1. The molecule has 32 heavy (non-hydrogen) atoms. The quantitative estimate of drug-likeness (QED) is 0.230. The summed E-state index contributed by atoms with van der Waals surface area (Å²) in [7, 11) is 1.15. The lowest BCUT2D eigenvalue weighted by atomic mass is 10.1. The monoisotopic (exact) mass is 462 g/mol. The summed E-state index contributed by atoms with van der Waals surface area (Å²) in [6.45, 7) is 0. The molecule has 7 nitrogen and oxygen atoms in total. The van der Waals surface area contributed by atoms with Crippen molar-refractivity contribution in [1.82, 2.24) is 4.98 Å². The molecule has 0 radical (unpaired) electrons. The first-order chi connectivity index (χ1) is 14.8. The minimum Gasteiger partial charge on any atom is -0.469 e. The van der Waals surface area contributed by atoms with E-state index in [2.05, 4.69) is 9.72 Å². The Morgan fingerprint density at radius 3 is 2.16 bits per heavy atom. The van der Waals surface area contributed by atoms with Crippen molar-refractivity contribution in [2.75, 3.05) is 7.11 Å². The third-order valence-electron chi connectivity index (χ3n) is 4.42. The highest BCUT2D eigenvalue weighted by molar-refractivity contribution is 5.88. The molecular weight excluding hydrogens is 450 g/mol. The van der Waals surface area contributed by atoms with Gasteiger partial charge in [-0.2, -0.15) is 26.3 Å². The average molecular weight is 462 g/mol. The fourth-order valence-electron chi connectivity index (χ4n) is 2.96. The van der Waals surface area contributed by atoms with E-state index in [1.54, 1.807) is 0 Å². The number of benzene rings is 2. The number of H-pyrrole nitrogens is 1. The smallest absolute Gasteiger partial charge is 0.420 e. The summed E-state index contributed by atoms with van der Waals surface area (Å²) in [6.07, 6.45) is -9.54. The topological polar surface area (TPSA) is 94.5 Å². The molecule has 0 bridgehead atoms. The molecule has 0 aliphatic heterocycles. The maximum atomic E-state index is 13.5. The number of nitrogens with zero attached hydrogens (tertiary/aromatic N) is 1. The summed E-state index contributed by atoms with van der Waals surface area (Å²) < 4.78 is 90.5. The van der Waals surface area contributed by atoms with Gasteiger partial charge >= 0.3 is 18.3 Å². The Kier molecular flexibility index (Phi) is 5.76. The van der Waals surface area contributed by atoms with Crippen LogP contribution >= 0.6 is 0 Å². The molecule has 1 aromatic heterocycles. The van der Waals surface area contributed by atoms with Crippen molar-refractivity contribution in [2.45, 2.75) is 18.8 Å². The summed E-state index contributed by atoms with van der Waals surface area (Å²) in [4.78, 5) is 23.8. The van der Waals surface area contributed by atoms with Crippen molar-refractivity contribution >= 4 is 22.6 Å². The molecule has 0 spiro atoms. The van der Waals surface area contributed by atoms with E-state index < -0.39 is 51.6 Å². The Morgan fingerprint density at radius 2 is 1.66 bits per heavy atom. The zero-order chi connectivity index (χ0) is 23.8. The van der Waals surface area contributed by atoms with E-state index in [9.17, 15) is 41.3 Å². The second-order valence-electron chi connectivity index (χ2n) is 6.50. The zero-order valence-electron chi connectivity index (χ0n) is 15.9. The highest BCUT2D eigenvalue weighted by atomic mass is 19.4. The number of hydrogen-bond acceptors (Lipinski definition) is 5. The minimum atomic E-state index is -5.38. The normalized spacial score (nSPS) is 12.1. The number of carbonyl (C=O) groups is 1. The molecule has 2 aromatic carbocycles. The van der Waals surface area contributed by atoms with Crippen LogP contribution in [0.2, 0.25) is 0 Å². The van der Waals surface area contributed by atoms with Gasteiger partial charge in [-0.3, -0.25) is 14.9 Å². The van der Waals surface area contributed by atoms with Gasteiger partial charge in [-0.15, -0.1) is 0 Å². The van der Waals surface area contributed by atoms with Crippen molar-refractivity contribution < 1.29 is 45.5 Å². The second-order valence-corrected chi connectivity index (χ2v) is 6.50. The predicted molar refractivity (Wildman–Crippen MR) is 97.2 cm³/mol. The number of nitro benzene ring substituents is 1. The number of ether oxygens (including phenoxy) is 2. The van der Waals surface area contributed by atoms with Crippen LogP contribution in [0.1, 0.15) is 16.7 Å². The maximum Gasteiger partial charge on any atom is 0.420 e. The lowest BCUT2D eigenvalue weighted by Gasteiger charge is -2.19. The van der Waals surface area contributed by atoms with Crippen LogP contribution in [0.25, 0.3) is 10.9 Å². The number of fused-ring (bicyclic) bond motifs is 1. The van der Waals surface area contributed by atoms with Crippen LogP contribution in [0.15, 0.2) is 36.5 Å². The summed E-state index contributed by atoms with van der Waals surface area (Å²) in [5.74, 6) is -2.65. The average Bonchev–Trinajstić information content (AvgIpc) is 3.08. The lowest BCUT2D eigenvalue weighted by Crippen LogP contribution is -2.15. The van der Waals surface area contributed by atoms with Crippen molar-refractivity contribution in [1.29, 1.82) is 0 Å². The van der Waals surface area contributed by atoms with Gasteiger partial charge in [0, 0.05) is 29.2 Å². The number of rotatable bonds is 5. The third-order valence-corrected chi connectivity index (χ3v) is 4.42. The number of carbonyl (C=O) groups excluding carboxylic acids is 1. The van der Waals surface area contributed by atoms with Crippen molar-refractivity contribution in [3.63, 3.8) is 0 Å². The van der Waals surface area contributed by atoms with E-state index in [1.165, 1.54) is 12.3 Å². The first kappa shape index (κ1) is 22.9. The van der Waals surface area contributed by atoms with Gasteiger partial charge in [0.1, 0.15) is 16.9 Å². The molecule has 0 atom stereocenters. The number of aromatic nitrogens is 1. The minimum absolute atomic E-state index is 0.0257. The number of nitro groups is 1. The fraction of sp³-hybridized carbons (Fsp3) is 0.211. The number of halogens is 6. The lowest BCUT2D eigenvalue weighted by molar-refractivity contribution is -0.385. The standard InChI is InChI=1S/C19H12F6N2O5/c1-31-16(28)4-9-8-26-15-3-2-11(7-12(9)15)32-17-13(18(20,21)22)5-10(27(29)30)6-14(17)19(23,24)25/h2-3,5-8,26H,4H2,1H3. The SMILES string of the molecule is COC(=O)Cc1c[nH]c2ccc(Oc3c(C(F)(F)F)cc([N+](=O)[O-])cc3C(F)(F)F)cc12. The predicted octanol–water partition coefficient (Wildman–Crippen LogP) is 5.62. The van der Waals surface area contributed by atoms with Gasteiger partial charge in [0.15, 0.2) is 5.75 Å². The van der Waals surface area contributed by atoms with Gasteiger partial charge in [0.2, 0.25) is 0 Å². The van der Waals surface area contributed by atoms with Crippen LogP contribution in [-0.4, -0.2) is 23.0 Å². The number of esters is 1. The van der Waals surface area contributed by atoms with Gasteiger partial charge in [-0.05, 0) is 23.8 Å². The van der Waals surface area contributed by atoms with E-state index in [-0.39, 0.29) is 18.6 Å². The second kappa shape index (κ2) is 8.05. The summed E-state index contributed by atoms with van der Waals surface area (Å²) >= 11 is 0. The molecule has 1 N–H and O–H groups in total. The van der Waals surface area contributed by atoms with Crippen molar-refractivity contribution in [3.8, 4) is 11.5 Å². The number of methoxy groups -OCH3 is 1. The van der Waals surface area contributed by atoms with Crippen LogP contribution in [0.5, 0.6) is 11.5 Å². The van der Waals surface area contributed by atoms with Crippen LogP contribution in [0.4, 0.5) is 32.0 Å². The Bertz CT molecular complexity index is 1160. The first-order valence-electron chi connectivity index (χ1n) is 8.62. The highest BCUT2D eigenvalue weighted by Crippen LogP contribution is 2.48. The van der Waals surface area contributed by atoms with E-state index in [0.29, 0.717) is 16.5 Å². The summed E-state index contributed by atoms with van der Waals surface area (Å²) in [5, 5.41) is 11.2. The van der Waals surface area contributed by atoms with Crippen molar-refractivity contribution in [2.24, 2.45) is 0 Å². The summed E-state index contributed by atoms with van der Waals surface area (Å²) in [5.41, 5.74) is -4.50. The Balaban J connectivity index is 2.17. The fourth-order valence-corrected chi connectivity index (χ4v) is 2.96. The molecule has 0 amide bonds.